The molecule has 2 rings (SSSR count). The summed E-state index contributed by atoms with van der Waals surface area (Å²) in [6.07, 6.45) is 5.31. The lowest BCUT2D eigenvalue weighted by Gasteiger charge is -2.32. The second kappa shape index (κ2) is 6.69. The van der Waals surface area contributed by atoms with Crippen molar-refractivity contribution in [2.24, 2.45) is 0 Å². The Morgan fingerprint density at radius 2 is 2.28 bits per heavy atom. The van der Waals surface area contributed by atoms with Crippen LogP contribution >= 0.6 is 23.4 Å². The predicted octanol–water partition coefficient (Wildman–Crippen LogP) is 3.89. The van der Waals surface area contributed by atoms with Crippen LogP contribution in [0.4, 0.5) is 5.69 Å². The molecule has 2 N–H and O–H groups in total. The average molecular weight is 285 g/mol. The standard InChI is InChI=1S/C14H21ClN2S/c1-17-8-3-2-4-12(17)7-9-18-14-6-5-11(15)10-13(14)16/h5-6,10,12H,2-4,7-9,16H2,1H3. The number of hydrogen-bond donors (Lipinski definition) is 1. The van der Waals surface area contributed by atoms with Crippen molar-refractivity contribution >= 4 is 29.1 Å². The highest BCUT2D eigenvalue weighted by Crippen LogP contribution is 2.29. The van der Waals surface area contributed by atoms with Gasteiger partial charge in [-0.05, 0) is 56.8 Å². The van der Waals surface area contributed by atoms with Gasteiger partial charge in [0.25, 0.3) is 0 Å². The maximum Gasteiger partial charge on any atom is 0.0467 e. The van der Waals surface area contributed by atoms with Gasteiger partial charge in [-0.15, -0.1) is 11.8 Å². The summed E-state index contributed by atoms with van der Waals surface area (Å²) in [7, 11) is 2.24. The van der Waals surface area contributed by atoms with E-state index >= 15 is 0 Å². The van der Waals surface area contributed by atoms with Crippen LogP contribution in [0.25, 0.3) is 0 Å². The number of piperidine rings is 1. The number of anilines is 1. The molecule has 18 heavy (non-hydrogen) atoms. The monoisotopic (exact) mass is 284 g/mol. The molecule has 4 heteroatoms. The van der Waals surface area contributed by atoms with Crippen molar-refractivity contribution < 1.29 is 0 Å². The molecule has 0 amide bonds. The second-order valence-corrected chi connectivity index (χ2v) is 6.52. The van der Waals surface area contributed by atoms with Gasteiger partial charge in [-0.1, -0.05) is 18.0 Å². The lowest BCUT2D eigenvalue weighted by Crippen LogP contribution is -2.36. The minimum Gasteiger partial charge on any atom is -0.398 e. The third-order valence-electron chi connectivity index (χ3n) is 3.60. The van der Waals surface area contributed by atoms with Gasteiger partial charge in [0, 0.05) is 21.6 Å². The summed E-state index contributed by atoms with van der Waals surface area (Å²) in [5, 5.41) is 0.712. The minimum atomic E-state index is 0.712. The van der Waals surface area contributed by atoms with E-state index < -0.39 is 0 Å². The van der Waals surface area contributed by atoms with Crippen LogP contribution in [0.1, 0.15) is 25.7 Å². The van der Waals surface area contributed by atoms with Gasteiger partial charge >= 0.3 is 0 Å². The smallest absolute Gasteiger partial charge is 0.0467 e. The fraction of sp³-hybridized carbons (Fsp3) is 0.571. The van der Waals surface area contributed by atoms with Crippen molar-refractivity contribution in [3.63, 3.8) is 0 Å². The van der Waals surface area contributed by atoms with Crippen LogP contribution < -0.4 is 5.73 Å². The van der Waals surface area contributed by atoms with E-state index in [4.69, 9.17) is 17.3 Å². The Morgan fingerprint density at radius 3 is 3.00 bits per heavy atom. The highest BCUT2D eigenvalue weighted by molar-refractivity contribution is 7.99. The molecule has 0 aliphatic carbocycles. The first-order chi connectivity index (χ1) is 8.66. The molecular formula is C14H21ClN2S. The Bertz CT molecular complexity index is 397. The number of rotatable bonds is 4. The van der Waals surface area contributed by atoms with Gasteiger partial charge in [0.2, 0.25) is 0 Å². The van der Waals surface area contributed by atoms with Gasteiger partial charge in [0.15, 0.2) is 0 Å². The molecule has 1 aliphatic rings. The predicted molar refractivity (Wildman–Crippen MR) is 81.5 cm³/mol. The molecule has 0 bridgehead atoms. The number of benzene rings is 1. The number of halogens is 1. The first kappa shape index (κ1) is 14.0. The summed E-state index contributed by atoms with van der Waals surface area (Å²) < 4.78 is 0. The number of nitrogen functional groups attached to an aromatic ring is 1. The fourth-order valence-electron chi connectivity index (χ4n) is 2.46. The summed E-state index contributed by atoms with van der Waals surface area (Å²) in [5.41, 5.74) is 6.75. The molecule has 1 fully saturated rings. The normalized spacial score (nSPS) is 21.1. The van der Waals surface area contributed by atoms with Crippen molar-refractivity contribution in [2.45, 2.75) is 36.6 Å². The third-order valence-corrected chi connectivity index (χ3v) is 4.96. The van der Waals surface area contributed by atoms with E-state index in [0.717, 1.165) is 22.4 Å². The second-order valence-electron chi connectivity index (χ2n) is 4.95. The third kappa shape index (κ3) is 3.81. The Morgan fingerprint density at radius 1 is 1.44 bits per heavy atom. The lowest BCUT2D eigenvalue weighted by molar-refractivity contribution is 0.182. The first-order valence-electron chi connectivity index (χ1n) is 6.55. The maximum atomic E-state index is 5.95. The van der Waals surface area contributed by atoms with E-state index in [9.17, 15) is 0 Å². The van der Waals surface area contributed by atoms with E-state index in [1.807, 2.05) is 30.0 Å². The van der Waals surface area contributed by atoms with Crippen molar-refractivity contribution in [1.82, 2.24) is 4.90 Å². The summed E-state index contributed by atoms with van der Waals surface area (Å²) >= 11 is 7.74. The van der Waals surface area contributed by atoms with E-state index in [1.165, 1.54) is 32.2 Å². The highest BCUT2D eigenvalue weighted by Gasteiger charge is 2.18. The molecule has 1 aromatic carbocycles. The number of thioether (sulfide) groups is 1. The van der Waals surface area contributed by atoms with Crippen molar-refractivity contribution in [3.05, 3.63) is 23.2 Å². The van der Waals surface area contributed by atoms with Crippen LogP contribution in [0, 0.1) is 0 Å². The quantitative estimate of drug-likeness (QED) is 0.672. The Hall–Kier alpha value is -0.380. The van der Waals surface area contributed by atoms with E-state index in [1.54, 1.807) is 0 Å². The molecule has 0 saturated carbocycles. The SMILES string of the molecule is CN1CCCCC1CCSc1ccc(Cl)cc1N. The van der Waals surface area contributed by atoms with Gasteiger partial charge in [0.1, 0.15) is 0 Å². The van der Waals surface area contributed by atoms with Crippen LogP contribution in [0.15, 0.2) is 23.1 Å². The lowest BCUT2D eigenvalue weighted by atomic mass is 10.0. The number of nitrogens with two attached hydrogens (primary N) is 1. The van der Waals surface area contributed by atoms with Crippen LogP contribution in [-0.2, 0) is 0 Å². The van der Waals surface area contributed by atoms with E-state index in [0.29, 0.717) is 5.02 Å². The Balaban J connectivity index is 1.81. The average Bonchev–Trinajstić information content (AvgIpc) is 2.34. The van der Waals surface area contributed by atoms with Gasteiger partial charge in [-0.2, -0.15) is 0 Å². The Labute approximate surface area is 119 Å². The maximum absolute atomic E-state index is 5.95. The fourth-order valence-corrected chi connectivity index (χ4v) is 3.64. The van der Waals surface area contributed by atoms with Crippen LogP contribution in [0.2, 0.25) is 5.02 Å². The molecule has 1 atom stereocenters. The van der Waals surface area contributed by atoms with Crippen LogP contribution in [-0.4, -0.2) is 30.3 Å². The molecule has 1 aliphatic heterocycles. The zero-order chi connectivity index (χ0) is 13.0. The molecule has 1 saturated heterocycles. The van der Waals surface area contributed by atoms with Gasteiger partial charge in [0.05, 0.1) is 0 Å². The summed E-state index contributed by atoms with van der Waals surface area (Å²) in [4.78, 5) is 3.65. The largest absolute Gasteiger partial charge is 0.398 e. The van der Waals surface area contributed by atoms with Gasteiger partial charge in [-0.25, -0.2) is 0 Å². The topological polar surface area (TPSA) is 29.3 Å². The van der Waals surface area contributed by atoms with Crippen molar-refractivity contribution in [2.75, 3.05) is 25.1 Å². The molecule has 0 spiro atoms. The zero-order valence-electron chi connectivity index (χ0n) is 10.9. The van der Waals surface area contributed by atoms with Gasteiger partial charge < -0.3 is 10.6 Å². The van der Waals surface area contributed by atoms with Crippen LogP contribution in [0.3, 0.4) is 0 Å². The molecule has 2 nitrogen and oxygen atoms in total. The number of likely N-dealkylation sites (tertiary alicyclic amines) is 1. The molecule has 100 valence electrons. The highest BCUT2D eigenvalue weighted by atomic mass is 35.5. The van der Waals surface area contributed by atoms with E-state index in [-0.39, 0.29) is 0 Å². The minimum absolute atomic E-state index is 0.712. The molecular weight excluding hydrogens is 264 g/mol. The summed E-state index contributed by atoms with van der Waals surface area (Å²) in [6.45, 7) is 1.25. The summed E-state index contributed by atoms with van der Waals surface area (Å²) in [6, 6.07) is 6.51. The molecule has 1 unspecified atom stereocenters. The van der Waals surface area contributed by atoms with Gasteiger partial charge in [-0.3, -0.25) is 0 Å². The summed E-state index contributed by atoms with van der Waals surface area (Å²) in [5.74, 6) is 1.13. The molecule has 0 aromatic heterocycles. The van der Waals surface area contributed by atoms with E-state index in [2.05, 4.69) is 11.9 Å². The zero-order valence-corrected chi connectivity index (χ0v) is 12.4. The molecule has 1 aromatic rings. The van der Waals surface area contributed by atoms with Crippen molar-refractivity contribution in [3.8, 4) is 0 Å². The van der Waals surface area contributed by atoms with Crippen LogP contribution in [0.5, 0.6) is 0 Å². The first-order valence-corrected chi connectivity index (χ1v) is 7.91. The number of nitrogens with zero attached hydrogens (tertiary/aromatic N) is 1. The number of hydrogen-bond acceptors (Lipinski definition) is 3. The van der Waals surface area contributed by atoms with Crippen molar-refractivity contribution in [1.29, 1.82) is 0 Å². The molecule has 0 radical (unpaired) electrons. The Kier molecular flexibility index (Phi) is 5.22. The molecule has 1 heterocycles.